The van der Waals surface area contributed by atoms with Crippen LogP contribution in [0.25, 0.3) is 0 Å². The highest BCUT2D eigenvalue weighted by atomic mass is 35.5. The molecule has 0 aromatic heterocycles. The van der Waals surface area contributed by atoms with E-state index in [1.165, 1.54) is 11.0 Å². The monoisotopic (exact) mass is 449 g/mol. The minimum absolute atomic E-state index is 0.244. The van der Waals surface area contributed by atoms with Gasteiger partial charge in [-0.1, -0.05) is 71.7 Å². The van der Waals surface area contributed by atoms with Crippen molar-refractivity contribution < 1.29 is 14.7 Å². The molecule has 7 rings (SSSR count). The van der Waals surface area contributed by atoms with Crippen molar-refractivity contribution in [2.75, 3.05) is 11.5 Å². The summed E-state index contributed by atoms with van der Waals surface area (Å²) in [5.41, 5.74) is 3.20. The van der Waals surface area contributed by atoms with Gasteiger partial charge in [0.05, 0.1) is 34.6 Å². The Bertz CT molecular complexity index is 1240. The predicted molar refractivity (Wildman–Crippen MR) is 119 cm³/mol. The van der Waals surface area contributed by atoms with Crippen molar-refractivity contribution in [1.29, 1.82) is 0 Å². The SMILES string of the molecule is O=C1[C@H]2C3c4ccccc4C(CO)(c4ccccc43)[C@H]2C(=O)N1c1ccc(Cl)cc1Cl. The third-order valence-electron chi connectivity index (χ3n) is 7.19. The average Bonchev–Trinajstić information content (AvgIpc) is 3.05. The summed E-state index contributed by atoms with van der Waals surface area (Å²) in [5, 5.41) is 11.5. The fourth-order valence-electron chi connectivity index (χ4n) is 6.10. The van der Waals surface area contributed by atoms with Gasteiger partial charge in [-0.3, -0.25) is 9.59 Å². The van der Waals surface area contributed by atoms with Crippen molar-refractivity contribution in [2.24, 2.45) is 11.8 Å². The fraction of sp³-hybridized carbons (Fsp3) is 0.200. The van der Waals surface area contributed by atoms with E-state index in [1.807, 2.05) is 48.5 Å². The highest BCUT2D eigenvalue weighted by Gasteiger charge is 2.68. The first-order valence-corrected chi connectivity index (χ1v) is 10.9. The van der Waals surface area contributed by atoms with Crippen LogP contribution >= 0.6 is 23.2 Å². The molecule has 6 heteroatoms. The molecule has 0 saturated carbocycles. The minimum Gasteiger partial charge on any atom is -0.395 e. The third kappa shape index (κ3) is 2.20. The van der Waals surface area contributed by atoms with E-state index in [-0.39, 0.29) is 29.4 Å². The Kier molecular flexibility index (Phi) is 3.95. The summed E-state index contributed by atoms with van der Waals surface area (Å²) in [4.78, 5) is 28.8. The Morgan fingerprint density at radius 1 is 0.871 bits per heavy atom. The Balaban J connectivity index is 1.64. The normalized spacial score (nSPS) is 27.8. The van der Waals surface area contributed by atoms with Gasteiger partial charge < -0.3 is 5.11 Å². The second kappa shape index (κ2) is 6.42. The summed E-state index contributed by atoms with van der Waals surface area (Å²) in [5.74, 6) is -2.17. The van der Waals surface area contributed by atoms with Gasteiger partial charge in [-0.15, -0.1) is 0 Å². The molecule has 2 atom stereocenters. The van der Waals surface area contributed by atoms with Gasteiger partial charge in [0.1, 0.15) is 0 Å². The number of hydrogen-bond donors (Lipinski definition) is 1. The highest BCUT2D eigenvalue weighted by molar-refractivity contribution is 6.38. The second-order valence-corrected chi connectivity index (χ2v) is 9.24. The summed E-state index contributed by atoms with van der Waals surface area (Å²) < 4.78 is 0. The maximum absolute atomic E-state index is 13.9. The standard InChI is InChI=1S/C25H17Cl2NO3/c26-13-9-10-19(18(27)11-13)28-23(30)21-20-14-5-1-3-7-16(14)25(12-29,22(21)24(28)31)17-8-4-2-6-15(17)20/h1-11,20-22,29H,12H2/t20?,21-,22+,25?/m0/s1. The van der Waals surface area contributed by atoms with E-state index in [9.17, 15) is 14.7 Å². The maximum Gasteiger partial charge on any atom is 0.239 e. The summed E-state index contributed by atoms with van der Waals surface area (Å²) >= 11 is 12.4. The predicted octanol–water partition coefficient (Wildman–Crippen LogP) is 4.54. The zero-order valence-electron chi connectivity index (χ0n) is 16.3. The number of imide groups is 1. The molecule has 3 aromatic rings. The lowest BCUT2D eigenvalue weighted by Crippen LogP contribution is -2.55. The van der Waals surface area contributed by atoms with E-state index in [4.69, 9.17) is 23.2 Å². The molecule has 3 aliphatic carbocycles. The summed E-state index contributed by atoms with van der Waals surface area (Å²) in [6, 6.07) is 20.4. The molecule has 1 heterocycles. The Morgan fingerprint density at radius 2 is 1.48 bits per heavy atom. The first-order valence-electron chi connectivity index (χ1n) is 10.1. The van der Waals surface area contributed by atoms with Crippen molar-refractivity contribution in [3.05, 3.63) is 99.0 Å². The molecule has 1 aliphatic heterocycles. The van der Waals surface area contributed by atoms with Crippen LogP contribution < -0.4 is 4.90 Å². The number of nitrogens with zero attached hydrogens (tertiary/aromatic N) is 1. The van der Waals surface area contributed by atoms with Gasteiger partial charge in [0.15, 0.2) is 0 Å². The number of carbonyl (C=O) groups is 2. The van der Waals surface area contributed by atoms with Crippen molar-refractivity contribution in [1.82, 2.24) is 0 Å². The maximum atomic E-state index is 13.9. The number of amides is 2. The molecular formula is C25H17Cl2NO3. The van der Waals surface area contributed by atoms with E-state index >= 15 is 0 Å². The Morgan fingerprint density at radius 3 is 2.06 bits per heavy atom. The average molecular weight is 450 g/mol. The Labute approximate surface area is 189 Å². The number of aliphatic hydroxyl groups excluding tert-OH is 1. The molecule has 1 N–H and O–H groups in total. The molecule has 154 valence electrons. The summed E-state index contributed by atoms with van der Waals surface area (Å²) in [6.45, 7) is -0.268. The lowest BCUT2D eigenvalue weighted by atomic mass is 9.47. The molecular weight excluding hydrogens is 433 g/mol. The van der Waals surface area contributed by atoms with Gasteiger partial charge in [0.25, 0.3) is 0 Å². The number of anilines is 1. The molecule has 1 fully saturated rings. The van der Waals surface area contributed by atoms with Crippen molar-refractivity contribution in [3.8, 4) is 0 Å². The first-order chi connectivity index (χ1) is 15.0. The van der Waals surface area contributed by atoms with Crippen molar-refractivity contribution in [2.45, 2.75) is 11.3 Å². The molecule has 2 bridgehead atoms. The lowest BCUT2D eigenvalue weighted by Gasteiger charge is -2.53. The smallest absolute Gasteiger partial charge is 0.239 e. The zero-order chi connectivity index (χ0) is 21.5. The summed E-state index contributed by atoms with van der Waals surface area (Å²) in [7, 11) is 0. The van der Waals surface area contributed by atoms with E-state index in [2.05, 4.69) is 0 Å². The van der Waals surface area contributed by atoms with E-state index < -0.39 is 17.3 Å². The van der Waals surface area contributed by atoms with Crippen LogP contribution in [0.5, 0.6) is 0 Å². The van der Waals surface area contributed by atoms with Crippen LogP contribution in [0, 0.1) is 11.8 Å². The van der Waals surface area contributed by atoms with Crippen LogP contribution in [-0.4, -0.2) is 23.5 Å². The van der Waals surface area contributed by atoms with Crippen LogP contribution in [0.15, 0.2) is 66.7 Å². The third-order valence-corrected chi connectivity index (χ3v) is 7.73. The van der Waals surface area contributed by atoms with Crippen LogP contribution in [0.4, 0.5) is 5.69 Å². The number of carbonyl (C=O) groups excluding carboxylic acids is 2. The van der Waals surface area contributed by atoms with Crippen LogP contribution in [-0.2, 0) is 15.0 Å². The number of aliphatic hydroxyl groups is 1. The number of hydrogen-bond acceptors (Lipinski definition) is 3. The van der Waals surface area contributed by atoms with Crippen LogP contribution in [0.2, 0.25) is 10.0 Å². The minimum atomic E-state index is -0.979. The van der Waals surface area contributed by atoms with E-state index in [0.29, 0.717) is 10.7 Å². The highest BCUT2D eigenvalue weighted by Crippen LogP contribution is 2.64. The molecule has 3 aromatic carbocycles. The zero-order valence-corrected chi connectivity index (χ0v) is 17.8. The van der Waals surface area contributed by atoms with Gasteiger partial charge in [-0.2, -0.15) is 0 Å². The first kappa shape index (κ1) is 19.1. The van der Waals surface area contributed by atoms with Gasteiger partial charge in [0, 0.05) is 10.9 Å². The fourth-order valence-corrected chi connectivity index (χ4v) is 6.59. The molecule has 4 aliphatic rings. The molecule has 4 nitrogen and oxygen atoms in total. The molecule has 0 unspecified atom stereocenters. The molecule has 2 amide bonds. The molecule has 0 radical (unpaired) electrons. The molecule has 31 heavy (non-hydrogen) atoms. The molecule has 1 saturated heterocycles. The quantitative estimate of drug-likeness (QED) is 0.584. The topological polar surface area (TPSA) is 57.6 Å². The van der Waals surface area contributed by atoms with Gasteiger partial charge in [-0.05, 0) is 40.5 Å². The van der Waals surface area contributed by atoms with E-state index in [1.54, 1.807) is 12.1 Å². The van der Waals surface area contributed by atoms with Crippen molar-refractivity contribution >= 4 is 40.7 Å². The van der Waals surface area contributed by atoms with Gasteiger partial charge in [0.2, 0.25) is 11.8 Å². The van der Waals surface area contributed by atoms with E-state index in [0.717, 1.165) is 22.3 Å². The van der Waals surface area contributed by atoms with Crippen LogP contribution in [0.1, 0.15) is 28.2 Å². The number of benzene rings is 3. The molecule has 0 spiro atoms. The lowest BCUT2D eigenvalue weighted by molar-refractivity contribution is -0.124. The number of halogens is 2. The number of rotatable bonds is 2. The Hall–Kier alpha value is -2.66. The summed E-state index contributed by atoms with van der Waals surface area (Å²) in [6.07, 6.45) is 0. The van der Waals surface area contributed by atoms with Gasteiger partial charge >= 0.3 is 0 Å². The largest absolute Gasteiger partial charge is 0.395 e. The second-order valence-electron chi connectivity index (χ2n) is 8.39. The van der Waals surface area contributed by atoms with Crippen molar-refractivity contribution in [3.63, 3.8) is 0 Å². The van der Waals surface area contributed by atoms with Crippen LogP contribution in [0.3, 0.4) is 0 Å². The van der Waals surface area contributed by atoms with Gasteiger partial charge in [-0.25, -0.2) is 4.90 Å².